The van der Waals surface area contributed by atoms with Gasteiger partial charge in [0.15, 0.2) is 5.96 Å². The van der Waals surface area contributed by atoms with Gasteiger partial charge in [0, 0.05) is 24.7 Å². The average molecular weight is 360 g/mol. The van der Waals surface area contributed by atoms with Crippen LogP contribution in [-0.2, 0) is 17.8 Å². The number of pyridine rings is 1. The number of hydrogen-bond acceptors (Lipinski definition) is 4. The molecule has 0 amide bonds. The number of fused-ring (bicyclic) bond motifs is 1. The molecule has 0 fully saturated rings. The summed E-state index contributed by atoms with van der Waals surface area (Å²) in [7, 11) is 0. The van der Waals surface area contributed by atoms with Gasteiger partial charge >= 0.3 is 5.97 Å². The van der Waals surface area contributed by atoms with Crippen molar-refractivity contribution in [3.63, 3.8) is 0 Å². The van der Waals surface area contributed by atoms with Crippen LogP contribution in [0.4, 0.5) is 0 Å². The van der Waals surface area contributed by atoms with E-state index in [1.54, 1.807) is 16.7 Å². The molecule has 0 aliphatic heterocycles. The van der Waals surface area contributed by atoms with Crippen molar-refractivity contribution in [2.24, 2.45) is 16.5 Å². The molecule has 0 atom stereocenters. The summed E-state index contributed by atoms with van der Waals surface area (Å²) in [5.41, 5.74) is 11.3. The molecule has 1 heterocycles. The van der Waals surface area contributed by atoms with E-state index in [-0.39, 0.29) is 23.5 Å². The Morgan fingerprint density at radius 1 is 1.27 bits per heavy atom. The summed E-state index contributed by atoms with van der Waals surface area (Å²) >= 11 is 0. The number of aromatic nitrogens is 1. The molecule has 140 valence electrons. The molecule has 0 aliphatic rings. The van der Waals surface area contributed by atoms with E-state index in [2.05, 4.69) is 4.99 Å². The number of nitrogens with two attached hydrogens (primary N) is 2. The highest BCUT2D eigenvalue weighted by Crippen LogP contribution is 2.21. The summed E-state index contributed by atoms with van der Waals surface area (Å²) in [4.78, 5) is 27.3. The van der Waals surface area contributed by atoms with Crippen molar-refractivity contribution in [1.29, 1.82) is 0 Å². The number of hydrogen-bond donors (Lipinski definition) is 3. The van der Waals surface area contributed by atoms with Gasteiger partial charge in [-0.25, -0.2) is 0 Å². The van der Waals surface area contributed by atoms with Crippen LogP contribution in [-0.4, -0.2) is 34.8 Å². The van der Waals surface area contributed by atoms with Gasteiger partial charge < -0.3 is 25.9 Å². The number of nitrogens with zero attached hydrogens (tertiary/aromatic N) is 2. The van der Waals surface area contributed by atoms with Crippen molar-refractivity contribution in [1.82, 2.24) is 4.57 Å². The Hall–Kier alpha value is -3.03. The molecular formula is C18H24N4O4. The molecule has 2 rings (SSSR count). The second-order valence-electron chi connectivity index (χ2n) is 5.87. The lowest BCUT2D eigenvalue weighted by molar-refractivity contribution is -0.136. The fraction of sp³-hybridized carbons (Fsp3) is 0.389. The predicted octanol–water partition coefficient (Wildman–Crippen LogP) is 1.08. The minimum Gasteiger partial charge on any atom is -0.494 e. The standard InChI is InChI=1S/C18H24N4O4/c1-2-22-15-11-14(26-8-4-3-7-21-18(19)20)6-5-12(15)9-13(17(22)25)10-16(23)24/h5-6,9,11H,2-4,7-8,10H2,1H3,(H,23,24)(H4,19,20,21). The van der Waals surface area contributed by atoms with E-state index in [0.29, 0.717) is 25.4 Å². The zero-order chi connectivity index (χ0) is 19.1. The number of guanidine groups is 1. The van der Waals surface area contributed by atoms with Crippen LogP contribution >= 0.6 is 0 Å². The summed E-state index contributed by atoms with van der Waals surface area (Å²) in [5, 5.41) is 9.78. The van der Waals surface area contributed by atoms with Crippen LogP contribution in [0.25, 0.3) is 10.9 Å². The summed E-state index contributed by atoms with van der Waals surface area (Å²) in [5.74, 6) is -0.281. The van der Waals surface area contributed by atoms with Gasteiger partial charge in [-0.3, -0.25) is 14.6 Å². The Balaban J connectivity index is 2.15. The molecule has 8 heteroatoms. The molecule has 1 aromatic carbocycles. The monoisotopic (exact) mass is 360 g/mol. The van der Waals surface area contributed by atoms with Gasteiger partial charge in [-0.05, 0) is 43.4 Å². The first-order chi connectivity index (χ1) is 12.4. The highest BCUT2D eigenvalue weighted by molar-refractivity contribution is 5.82. The molecular weight excluding hydrogens is 336 g/mol. The molecule has 0 unspecified atom stereocenters. The maximum Gasteiger partial charge on any atom is 0.308 e. The molecule has 0 bridgehead atoms. The van der Waals surface area contributed by atoms with Crippen molar-refractivity contribution >= 4 is 22.8 Å². The van der Waals surface area contributed by atoms with Crippen LogP contribution in [0.5, 0.6) is 5.75 Å². The molecule has 2 aromatic rings. The zero-order valence-electron chi connectivity index (χ0n) is 14.8. The Bertz CT molecular complexity index is 869. The third-order valence-electron chi connectivity index (χ3n) is 3.92. The van der Waals surface area contributed by atoms with Crippen LogP contribution in [0.1, 0.15) is 25.3 Å². The van der Waals surface area contributed by atoms with E-state index in [1.807, 2.05) is 19.1 Å². The van der Waals surface area contributed by atoms with Gasteiger partial charge in [-0.15, -0.1) is 0 Å². The van der Waals surface area contributed by atoms with Crippen LogP contribution in [0, 0.1) is 0 Å². The minimum absolute atomic E-state index is 0.0836. The normalized spacial score (nSPS) is 10.7. The summed E-state index contributed by atoms with van der Waals surface area (Å²) in [6.07, 6.45) is 1.32. The number of benzene rings is 1. The average Bonchev–Trinajstić information content (AvgIpc) is 2.58. The molecule has 5 N–H and O–H groups in total. The Morgan fingerprint density at radius 2 is 2.04 bits per heavy atom. The fourth-order valence-electron chi connectivity index (χ4n) is 2.72. The highest BCUT2D eigenvalue weighted by Gasteiger charge is 2.12. The van der Waals surface area contributed by atoms with Crippen molar-refractivity contribution in [2.45, 2.75) is 32.7 Å². The number of rotatable bonds is 9. The van der Waals surface area contributed by atoms with E-state index in [1.165, 1.54) is 0 Å². The maximum atomic E-state index is 12.5. The smallest absolute Gasteiger partial charge is 0.308 e. The van der Waals surface area contributed by atoms with Gasteiger partial charge in [-0.2, -0.15) is 0 Å². The number of carboxylic acid groups (broad SMARTS) is 1. The van der Waals surface area contributed by atoms with Crippen molar-refractivity contribution < 1.29 is 14.6 Å². The summed E-state index contributed by atoms with van der Waals surface area (Å²) in [6, 6.07) is 7.09. The maximum absolute atomic E-state index is 12.5. The number of unbranched alkanes of at least 4 members (excludes halogenated alkanes) is 1. The van der Waals surface area contributed by atoms with Gasteiger partial charge in [0.2, 0.25) is 0 Å². The van der Waals surface area contributed by atoms with Crippen molar-refractivity contribution in [3.8, 4) is 5.75 Å². The predicted molar refractivity (Wildman–Crippen MR) is 101 cm³/mol. The van der Waals surface area contributed by atoms with Crippen LogP contribution in [0.3, 0.4) is 0 Å². The third-order valence-corrected chi connectivity index (χ3v) is 3.92. The lowest BCUT2D eigenvalue weighted by Gasteiger charge is -2.12. The van der Waals surface area contributed by atoms with Gasteiger partial charge in [-0.1, -0.05) is 0 Å². The zero-order valence-corrected chi connectivity index (χ0v) is 14.8. The van der Waals surface area contributed by atoms with E-state index in [9.17, 15) is 9.59 Å². The Kier molecular flexibility index (Phi) is 6.60. The molecule has 1 aromatic heterocycles. The second kappa shape index (κ2) is 8.89. The lowest BCUT2D eigenvalue weighted by atomic mass is 10.1. The number of aliphatic carboxylic acids is 1. The Morgan fingerprint density at radius 3 is 2.69 bits per heavy atom. The van der Waals surface area contributed by atoms with Gasteiger partial charge in [0.1, 0.15) is 5.75 Å². The molecule has 0 radical (unpaired) electrons. The molecule has 0 saturated heterocycles. The van der Waals surface area contributed by atoms with E-state index in [4.69, 9.17) is 21.3 Å². The number of carboxylic acids is 1. The molecule has 0 aliphatic carbocycles. The largest absolute Gasteiger partial charge is 0.494 e. The van der Waals surface area contributed by atoms with E-state index >= 15 is 0 Å². The fourth-order valence-corrected chi connectivity index (χ4v) is 2.72. The number of ether oxygens (including phenoxy) is 1. The van der Waals surface area contributed by atoms with Crippen molar-refractivity contribution in [2.75, 3.05) is 13.2 Å². The number of carbonyl (C=O) groups is 1. The van der Waals surface area contributed by atoms with Gasteiger partial charge in [0.25, 0.3) is 5.56 Å². The quantitative estimate of drug-likeness (QED) is 0.348. The first-order valence-electron chi connectivity index (χ1n) is 8.48. The highest BCUT2D eigenvalue weighted by atomic mass is 16.5. The van der Waals surface area contributed by atoms with Crippen LogP contribution < -0.4 is 21.8 Å². The van der Waals surface area contributed by atoms with Crippen LogP contribution in [0.2, 0.25) is 0 Å². The second-order valence-corrected chi connectivity index (χ2v) is 5.87. The first kappa shape index (κ1) is 19.3. The topological polar surface area (TPSA) is 133 Å². The van der Waals surface area contributed by atoms with Crippen molar-refractivity contribution in [3.05, 3.63) is 40.2 Å². The third kappa shape index (κ3) is 4.98. The summed E-state index contributed by atoms with van der Waals surface area (Å²) in [6.45, 7) is 3.37. The summed E-state index contributed by atoms with van der Waals surface area (Å²) < 4.78 is 7.30. The van der Waals surface area contributed by atoms with Crippen LogP contribution in [0.15, 0.2) is 34.1 Å². The molecule has 26 heavy (non-hydrogen) atoms. The van der Waals surface area contributed by atoms with E-state index < -0.39 is 5.97 Å². The SMILES string of the molecule is CCn1c(=O)c(CC(=O)O)cc2ccc(OCCCCN=C(N)N)cc21. The lowest BCUT2D eigenvalue weighted by Crippen LogP contribution is -2.25. The number of aliphatic imine (C=N–C) groups is 1. The Labute approximate surface area is 151 Å². The van der Waals surface area contributed by atoms with Gasteiger partial charge in [0.05, 0.1) is 18.5 Å². The minimum atomic E-state index is -1.02. The molecule has 0 spiro atoms. The number of aryl methyl sites for hydroxylation is 1. The molecule has 0 saturated carbocycles. The molecule has 8 nitrogen and oxygen atoms in total. The first-order valence-corrected chi connectivity index (χ1v) is 8.48. The van der Waals surface area contributed by atoms with E-state index in [0.717, 1.165) is 23.7 Å².